The average molecular weight is 327 g/mol. The van der Waals surface area contributed by atoms with Crippen LogP contribution in [0.25, 0.3) is 0 Å². The molecule has 1 aromatic carbocycles. The van der Waals surface area contributed by atoms with E-state index in [4.69, 9.17) is 12.2 Å². The molecule has 114 valence electrons. The van der Waals surface area contributed by atoms with Crippen molar-refractivity contribution >= 4 is 44.4 Å². The summed E-state index contributed by atoms with van der Waals surface area (Å²) in [7, 11) is -2.92. The summed E-state index contributed by atoms with van der Waals surface area (Å²) in [6.07, 6.45) is 0.575. The summed E-state index contributed by atoms with van der Waals surface area (Å²) < 4.78 is 22.7. The van der Waals surface area contributed by atoms with E-state index >= 15 is 0 Å². The lowest BCUT2D eigenvalue weighted by atomic mass is 10.2. The van der Waals surface area contributed by atoms with E-state index in [9.17, 15) is 13.2 Å². The number of carbonyl (C=O) groups is 1. The van der Waals surface area contributed by atoms with Crippen LogP contribution in [0.5, 0.6) is 0 Å². The molecule has 8 heteroatoms. The monoisotopic (exact) mass is 327 g/mol. The summed E-state index contributed by atoms with van der Waals surface area (Å²) in [5.74, 6) is 0.199. The minimum absolute atomic E-state index is 0.121. The number of thiocarbonyl (C=S) groups is 1. The maximum absolute atomic E-state index is 11.4. The van der Waals surface area contributed by atoms with Crippen molar-refractivity contribution in [3.8, 4) is 0 Å². The van der Waals surface area contributed by atoms with Gasteiger partial charge in [-0.05, 0) is 42.9 Å². The van der Waals surface area contributed by atoms with E-state index in [0.717, 1.165) is 5.69 Å². The molecule has 1 heterocycles. The molecule has 0 saturated carbocycles. The fourth-order valence-electron chi connectivity index (χ4n) is 2.10. The number of hydrogen-bond donors (Lipinski definition) is 3. The van der Waals surface area contributed by atoms with Gasteiger partial charge in [0.1, 0.15) is 0 Å². The van der Waals surface area contributed by atoms with Gasteiger partial charge in [0.05, 0.1) is 11.5 Å². The second-order valence-corrected chi connectivity index (χ2v) is 7.59. The van der Waals surface area contributed by atoms with Gasteiger partial charge in [-0.2, -0.15) is 0 Å². The minimum atomic E-state index is -2.92. The van der Waals surface area contributed by atoms with Crippen molar-refractivity contribution in [1.82, 2.24) is 5.32 Å². The minimum Gasteiger partial charge on any atom is -0.359 e. The van der Waals surface area contributed by atoms with E-state index in [2.05, 4.69) is 16.0 Å². The number of benzene rings is 1. The van der Waals surface area contributed by atoms with Crippen molar-refractivity contribution in [2.45, 2.75) is 19.4 Å². The van der Waals surface area contributed by atoms with Crippen LogP contribution >= 0.6 is 12.2 Å². The summed E-state index contributed by atoms with van der Waals surface area (Å²) in [6, 6.07) is 6.95. The number of rotatable bonds is 3. The van der Waals surface area contributed by atoms with Crippen molar-refractivity contribution in [3.05, 3.63) is 24.3 Å². The van der Waals surface area contributed by atoms with Gasteiger partial charge in [0.15, 0.2) is 14.9 Å². The summed E-state index contributed by atoms with van der Waals surface area (Å²) in [6.45, 7) is 1.45. The third-order valence-electron chi connectivity index (χ3n) is 3.03. The van der Waals surface area contributed by atoms with Crippen LogP contribution in [0.2, 0.25) is 0 Å². The van der Waals surface area contributed by atoms with Crippen molar-refractivity contribution < 1.29 is 13.2 Å². The van der Waals surface area contributed by atoms with Gasteiger partial charge in [-0.15, -0.1) is 0 Å². The van der Waals surface area contributed by atoms with Crippen LogP contribution in [0, 0.1) is 0 Å². The lowest BCUT2D eigenvalue weighted by Crippen LogP contribution is -2.38. The molecule has 1 atom stereocenters. The highest BCUT2D eigenvalue weighted by atomic mass is 32.2. The first-order chi connectivity index (χ1) is 9.84. The fraction of sp³-hybridized carbons (Fsp3) is 0.385. The summed E-state index contributed by atoms with van der Waals surface area (Å²) in [4.78, 5) is 10.9. The van der Waals surface area contributed by atoms with E-state index in [1.807, 2.05) is 0 Å². The Morgan fingerprint density at radius 2 is 1.76 bits per heavy atom. The van der Waals surface area contributed by atoms with Crippen LogP contribution in [0.1, 0.15) is 13.3 Å². The predicted octanol–water partition coefficient (Wildman–Crippen LogP) is 1.12. The first-order valence-corrected chi connectivity index (χ1v) is 8.73. The standard InChI is InChI=1S/C13H17N3O3S2/c1-9(17)14-10-2-4-11(5-3-10)15-13(20)16-12-6-7-21(18,19)8-12/h2-5,12H,6-8H2,1H3,(H,14,17)(H2,15,16,20). The van der Waals surface area contributed by atoms with Gasteiger partial charge in [-0.25, -0.2) is 8.42 Å². The number of nitrogens with one attached hydrogen (secondary N) is 3. The Labute approximate surface area is 129 Å². The lowest BCUT2D eigenvalue weighted by molar-refractivity contribution is -0.114. The third-order valence-corrected chi connectivity index (χ3v) is 5.02. The Hall–Kier alpha value is -1.67. The molecule has 0 aromatic heterocycles. The van der Waals surface area contributed by atoms with E-state index in [0.29, 0.717) is 17.2 Å². The number of amides is 1. The van der Waals surface area contributed by atoms with Gasteiger partial charge in [0.25, 0.3) is 0 Å². The molecule has 21 heavy (non-hydrogen) atoms. The Balaban J connectivity index is 1.86. The Bertz CT molecular complexity index is 641. The fourth-order valence-corrected chi connectivity index (χ4v) is 4.06. The topological polar surface area (TPSA) is 87.3 Å². The first-order valence-electron chi connectivity index (χ1n) is 6.50. The Kier molecular flexibility index (Phi) is 4.79. The number of hydrogen-bond acceptors (Lipinski definition) is 4. The van der Waals surface area contributed by atoms with Gasteiger partial charge in [-0.3, -0.25) is 4.79 Å². The molecule has 0 aliphatic carbocycles. The van der Waals surface area contributed by atoms with Crippen LogP contribution in [-0.2, 0) is 14.6 Å². The Morgan fingerprint density at radius 3 is 2.24 bits per heavy atom. The molecule has 2 rings (SSSR count). The SMILES string of the molecule is CC(=O)Nc1ccc(NC(=S)NC2CCS(=O)(=O)C2)cc1. The second kappa shape index (κ2) is 6.40. The number of carbonyl (C=O) groups excluding carboxylic acids is 1. The zero-order valence-electron chi connectivity index (χ0n) is 11.5. The van der Waals surface area contributed by atoms with Gasteiger partial charge in [0, 0.05) is 24.3 Å². The second-order valence-electron chi connectivity index (χ2n) is 4.96. The molecule has 1 saturated heterocycles. The van der Waals surface area contributed by atoms with Crippen LogP contribution in [0.15, 0.2) is 24.3 Å². The van der Waals surface area contributed by atoms with Crippen LogP contribution < -0.4 is 16.0 Å². The first kappa shape index (κ1) is 15.7. The Morgan fingerprint density at radius 1 is 1.19 bits per heavy atom. The predicted molar refractivity (Wildman–Crippen MR) is 87.2 cm³/mol. The van der Waals surface area contributed by atoms with Crippen molar-refractivity contribution in [2.24, 2.45) is 0 Å². The average Bonchev–Trinajstić information content (AvgIpc) is 2.70. The highest BCUT2D eigenvalue weighted by molar-refractivity contribution is 7.91. The summed E-state index contributed by atoms with van der Waals surface area (Å²) >= 11 is 5.16. The van der Waals surface area contributed by atoms with Gasteiger partial charge in [-0.1, -0.05) is 0 Å². The molecule has 3 N–H and O–H groups in total. The molecular weight excluding hydrogens is 310 g/mol. The molecule has 1 fully saturated rings. The van der Waals surface area contributed by atoms with E-state index < -0.39 is 9.84 Å². The summed E-state index contributed by atoms with van der Waals surface area (Å²) in [5, 5.41) is 9.05. The van der Waals surface area contributed by atoms with Crippen LogP contribution in [0.4, 0.5) is 11.4 Å². The van der Waals surface area contributed by atoms with E-state index in [1.54, 1.807) is 24.3 Å². The molecule has 1 aliphatic heterocycles. The quantitative estimate of drug-likeness (QED) is 0.721. The molecule has 6 nitrogen and oxygen atoms in total. The lowest BCUT2D eigenvalue weighted by Gasteiger charge is -2.15. The number of sulfone groups is 1. The molecule has 1 aliphatic rings. The molecule has 0 radical (unpaired) electrons. The largest absolute Gasteiger partial charge is 0.359 e. The zero-order chi connectivity index (χ0) is 15.5. The van der Waals surface area contributed by atoms with Crippen molar-refractivity contribution in [1.29, 1.82) is 0 Å². The molecule has 1 amide bonds. The summed E-state index contributed by atoms with van der Waals surface area (Å²) in [5.41, 5.74) is 1.47. The van der Waals surface area contributed by atoms with Crippen molar-refractivity contribution in [3.63, 3.8) is 0 Å². The van der Waals surface area contributed by atoms with Gasteiger partial charge < -0.3 is 16.0 Å². The van der Waals surface area contributed by atoms with E-state index in [1.165, 1.54) is 6.92 Å². The smallest absolute Gasteiger partial charge is 0.221 e. The third kappa shape index (κ3) is 4.98. The molecule has 1 unspecified atom stereocenters. The highest BCUT2D eigenvalue weighted by Gasteiger charge is 2.28. The van der Waals surface area contributed by atoms with Crippen LogP contribution in [0.3, 0.4) is 0 Å². The van der Waals surface area contributed by atoms with Crippen LogP contribution in [-0.4, -0.2) is 37.0 Å². The van der Waals surface area contributed by atoms with Crippen molar-refractivity contribution in [2.75, 3.05) is 22.1 Å². The maximum atomic E-state index is 11.4. The molecule has 0 bridgehead atoms. The number of anilines is 2. The highest BCUT2D eigenvalue weighted by Crippen LogP contribution is 2.14. The van der Waals surface area contributed by atoms with Gasteiger partial charge >= 0.3 is 0 Å². The molecule has 1 aromatic rings. The van der Waals surface area contributed by atoms with Gasteiger partial charge in [0.2, 0.25) is 5.91 Å². The van der Waals surface area contributed by atoms with E-state index in [-0.39, 0.29) is 23.5 Å². The molecule has 0 spiro atoms. The molecular formula is C13H17N3O3S2. The zero-order valence-corrected chi connectivity index (χ0v) is 13.2. The maximum Gasteiger partial charge on any atom is 0.221 e. The normalized spacial score (nSPS) is 19.8.